The predicted molar refractivity (Wildman–Crippen MR) is 107 cm³/mol. The highest BCUT2D eigenvalue weighted by atomic mass is 16.7. The van der Waals surface area contributed by atoms with E-state index in [9.17, 15) is 9.59 Å². The third-order valence-electron chi connectivity index (χ3n) is 6.00. The van der Waals surface area contributed by atoms with Crippen molar-refractivity contribution < 1.29 is 23.8 Å². The van der Waals surface area contributed by atoms with Crippen molar-refractivity contribution in [1.29, 1.82) is 0 Å². The van der Waals surface area contributed by atoms with Crippen LogP contribution in [0.5, 0.6) is 11.5 Å². The molecule has 4 rings (SSSR count). The number of likely N-dealkylation sites (tertiary alicyclic amines) is 1. The van der Waals surface area contributed by atoms with Crippen LogP contribution < -0.4 is 9.47 Å². The van der Waals surface area contributed by atoms with E-state index < -0.39 is 0 Å². The molecular formula is C22H30N2O5. The number of amides is 1. The Morgan fingerprint density at radius 2 is 2.00 bits per heavy atom. The maximum absolute atomic E-state index is 13.1. The highest BCUT2D eigenvalue weighted by Gasteiger charge is 2.45. The standard InChI is InChI=1S/C22H30N2O5/c1-2-27-22(26)18-13-17(18)14-24(10-9-23-7-3-4-8-23)21(25)12-16-5-6-19-20(11-16)29-15-28-19/h5-6,11,17-18H,2-4,7-10,12-15H2,1H3/t17-,18+/m0/s1. The molecule has 29 heavy (non-hydrogen) atoms. The monoisotopic (exact) mass is 402 g/mol. The van der Waals surface area contributed by atoms with E-state index >= 15 is 0 Å². The van der Waals surface area contributed by atoms with Crippen LogP contribution in [0.15, 0.2) is 18.2 Å². The Hall–Kier alpha value is -2.28. The number of esters is 1. The lowest BCUT2D eigenvalue weighted by molar-refractivity contribution is -0.145. The van der Waals surface area contributed by atoms with Crippen LogP contribution >= 0.6 is 0 Å². The first kappa shape index (κ1) is 20.0. The molecule has 2 aliphatic heterocycles. The molecule has 0 bridgehead atoms. The Morgan fingerprint density at radius 3 is 2.79 bits per heavy atom. The van der Waals surface area contributed by atoms with Crippen molar-refractivity contribution in [3.05, 3.63) is 23.8 Å². The first-order chi connectivity index (χ1) is 14.1. The van der Waals surface area contributed by atoms with E-state index in [4.69, 9.17) is 14.2 Å². The number of carbonyl (C=O) groups is 2. The summed E-state index contributed by atoms with van der Waals surface area (Å²) < 4.78 is 15.9. The van der Waals surface area contributed by atoms with Crippen LogP contribution in [0.2, 0.25) is 0 Å². The molecule has 1 amide bonds. The van der Waals surface area contributed by atoms with Gasteiger partial charge in [-0.3, -0.25) is 9.59 Å². The van der Waals surface area contributed by atoms with Gasteiger partial charge in [0, 0.05) is 19.6 Å². The molecule has 0 spiro atoms. The molecular weight excluding hydrogens is 372 g/mol. The molecule has 1 saturated heterocycles. The molecule has 3 aliphatic rings. The largest absolute Gasteiger partial charge is 0.466 e. The van der Waals surface area contributed by atoms with Gasteiger partial charge in [0.2, 0.25) is 12.7 Å². The molecule has 0 N–H and O–H groups in total. The highest BCUT2D eigenvalue weighted by Crippen LogP contribution is 2.40. The fourth-order valence-electron chi connectivity index (χ4n) is 4.19. The normalized spacial score (nSPS) is 22.5. The second kappa shape index (κ2) is 9.03. The van der Waals surface area contributed by atoms with Crippen LogP contribution in [0.4, 0.5) is 0 Å². The number of benzene rings is 1. The third kappa shape index (κ3) is 5.01. The van der Waals surface area contributed by atoms with E-state index in [-0.39, 0.29) is 30.5 Å². The van der Waals surface area contributed by atoms with Gasteiger partial charge in [-0.2, -0.15) is 0 Å². The van der Waals surface area contributed by atoms with Gasteiger partial charge in [-0.1, -0.05) is 6.07 Å². The number of fused-ring (bicyclic) bond motifs is 1. The van der Waals surface area contributed by atoms with Crippen molar-refractivity contribution in [2.45, 2.75) is 32.6 Å². The molecule has 1 saturated carbocycles. The quantitative estimate of drug-likeness (QED) is 0.589. The van der Waals surface area contributed by atoms with Gasteiger partial charge < -0.3 is 24.0 Å². The first-order valence-corrected chi connectivity index (χ1v) is 10.7. The molecule has 1 aromatic carbocycles. The van der Waals surface area contributed by atoms with Gasteiger partial charge in [-0.25, -0.2) is 0 Å². The van der Waals surface area contributed by atoms with E-state index in [0.29, 0.717) is 31.9 Å². The minimum Gasteiger partial charge on any atom is -0.466 e. The summed E-state index contributed by atoms with van der Waals surface area (Å²) in [4.78, 5) is 29.4. The lowest BCUT2D eigenvalue weighted by Crippen LogP contribution is -2.40. The Kier molecular flexibility index (Phi) is 6.23. The van der Waals surface area contributed by atoms with Gasteiger partial charge in [0.1, 0.15) is 0 Å². The number of rotatable bonds is 9. The van der Waals surface area contributed by atoms with E-state index in [1.165, 1.54) is 12.8 Å². The van der Waals surface area contributed by atoms with Crippen LogP contribution in [0.3, 0.4) is 0 Å². The molecule has 158 valence electrons. The number of hydrogen-bond acceptors (Lipinski definition) is 6. The van der Waals surface area contributed by atoms with E-state index in [2.05, 4.69) is 4.90 Å². The van der Waals surface area contributed by atoms with Crippen LogP contribution in [-0.2, 0) is 20.7 Å². The van der Waals surface area contributed by atoms with Crippen molar-refractivity contribution in [2.75, 3.05) is 46.1 Å². The fraction of sp³-hybridized carbons (Fsp3) is 0.636. The Balaban J connectivity index is 1.37. The average Bonchev–Trinajstić information content (AvgIpc) is 3.07. The lowest BCUT2D eigenvalue weighted by Gasteiger charge is -2.26. The topological polar surface area (TPSA) is 68.3 Å². The predicted octanol–water partition coefficient (Wildman–Crippen LogP) is 2.08. The van der Waals surface area contributed by atoms with Gasteiger partial charge >= 0.3 is 5.97 Å². The van der Waals surface area contributed by atoms with Crippen LogP contribution in [0.25, 0.3) is 0 Å². The average molecular weight is 402 g/mol. The van der Waals surface area contributed by atoms with Crippen molar-refractivity contribution >= 4 is 11.9 Å². The Labute approximate surface area is 171 Å². The number of carbonyl (C=O) groups excluding carboxylic acids is 2. The summed E-state index contributed by atoms with van der Waals surface area (Å²) in [5.74, 6) is 1.56. The van der Waals surface area contributed by atoms with Gasteiger partial charge in [-0.15, -0.1) is 0 Å². The zero-order valence-electron chi connectivity index (χ0n) is 17.1. The maximum atomic E-state index is 13.1. The second-order valence-electron chi connectivity index (χ2n) is 8.11. The minimum atomic E-state index is -0.125. The van der Waals surface area contributed by atoms with Gasteiger partial charge in [0.15, 0.2) is 11.5 Å². The zero-order chi connectivity index (χ0) is 20.2. The molecule has 0 aromatic heterocycles. The van der Waals surface area contributed by atoms with E-state index in [1.54, 1.807) is 0 Å². The van der Waals surface area contributed by atoms with Crippen LogP contribution in [-0.4, -0.2) is 67.8 Å². The van der Waals surface area contributed by atoms with Crippen molar-refractivity contribution in [2.24, 2.45) is 11.8 Å². The highest BCUT2D eigenvalue weighted by molar-refractivity contribution is 5.80. The summed E-state index contributed by atoms with van der Waals surface area (Å²) >= 11 is 0. The summed E-state index contributed by atoms with van der Waals surface area (Å²) in [5, 5.41) is 0. The van der Waals surface area contributed by atoms with Crippen LogP contribution in [0.1, 0.15) is 31.7 Å². The Bertz CT molecular complexity index is 747. The lowest BCUT2D eigenvalue weighted by atomic mass is 10.1. The molecule has 1 aliphatic carbocycles. The van der Waals surface area contributed by atoms with Crippen molar-refractivity contribution in [3.63, 3.8) is 0 Å². The molecule has 7 heteroatoms. The molecule has 0 radical (unpaired) electrons. The summed E-state index contributed by atoms with van der Waals surface area (Å²) in [6.45, 7) is 6.90. The number of hydrogen-bond donors (Lipinski definition) is 0. The summed E-state index contributed by atoms with van der Waals surface area (Å²) in [7, 11) is 0. The molecule has 1 aromatic rings. The summed E-state index contributed by atoms with van der Waals surface area (Å²) in [6.07, 6.45) is 3.61. The SMILES string of the molecule is CCOC(=O)[C@@H]1C[C@H]1CN(CCN1CCCC1)C(=O)Cc1ccc2c(c1)OCO2. The Morgan fingerprint density at radius 1 is 1.21 bits per heavy atom. The van der Waals surface area contributed by atoms with E-state index in [1.807, 2.05) is 30.0 Å². The van der Waals surface area contributed by atoms with Crippen LogP contribution in [0, 0.1) is 11.8 Å². The summed E-state index contributed by atoms with van der Waals surface area (Å²) in [6, 6.07) is 5.66. The zero-order valence-corrected chi connectivity index (χ0v) is 17.1. The third-order valence-corrected chi connectivity index (χ3v) is 6.00. The van der Waals surface area contributed by atoms with Crippen molar-refractivity contribution in [1.82, 2.24) is 9.80 Å². The molecule has 0 unspecified atom stereocenters. The molecule has 2 fully saturated rings. The molecule has 7 nitrogen and oxygen atoms in total. The second-order valence-corrected chi connectivity index (χ2v) is 8.11. The number of nitrogens with zero attached hydrogens (tertiary/aromatic N) is 2. The molecule has 2 heterocycles. The minimum absolute atomic E-state index is 0.0532. The van der Waals surface area contributed by atoms with E-state index in [0.717, 1.165) is 37.4 Å². The summed E-state index contributed by atoms with van der Waals surface area (Å²) in [5.41, 5.74) is 0.920. The molecule has 2 atom stereocenters. The number of ether oxygens (including phenoxy) is 3. The maximum Gasteiger partial charge on any atom is 0.309 e. The van der Waals surface area contributed by atoms with Gasteiger partial charge in [0.25, 0.3) is 0 Å². The smallest absolute Gasteiger partial charge is 0.309 e. The van der Waals surface area contributed by atoms with Gasteiger partial charge in [-0.05, 0) is 62.9 Å². The van der Waals surface area contributed by atoms with Gasteiger partial charge in [0.05, 0.1) is 18.9 Å². The van der Waals surface area contributed by atoms with Crippen molar-refractivity contribution in [3.8, 4) is 11.5 Å². The first-order valence-electron chi connectivity index (χ1n) is 10.7. The fourth-order valence-corrected chi connectivity index (χ4v) is 4.19.